The predicted octanol–water partition coefficient (Wildman–Crippen LogP) is 5.25. The summed E-state index contributed by atoms with van der Waals surface area (Å²) in [6.07, 6.45) is 3.19. The Labute approximate surface area is 184 Å². The van der Waals surface area contributed by atoms with Gasteiger partial charge in [-0.1, -0.05) is 32.0 Å². The molecule has 2 aromatic rings. The summed E-state index contributed by atoms with van der Waals surface area (Å²) in [6.45, 7) is 6.90. The Morgan fingerprint density at radius 2 is 1.74 bits per heavy atom. The third-order valence-corrected chi connectivity index (χ3v) is 6.44. The van der Waals surface area contributed by atoms with Gasteiger partial charge in [0.25, 0.3) is 0 Å². The van der Waals surface area contributed by atoms with Crippen molar-refractivity contribution < 1.29 is 19.0 Å². The number of hydrogen-bond acceptors (Lipinski definition) is 4. The minimum absolute atomic E-state index is 0.108. The number of ether oxygens (including phenoxy) is 1. The highest BCUT2D eigenvalue weighted by molar-refractivity contribution is 5.94. The van der Waals surface area contributed by atoms with E-state index in [0.29, 0.717) is 31.9 Å². The number of benzene rings is 2. The van der Waals surface area contributed by atoms with Gasteiger partial charge in [-0.05, 0) is 80.1 Å². The number of nitrogens with zero attached hydrogens (tertiary/aromatic N) is 1. The van der Waals surface area contributed by atoms with Gasteiger partial charge in [-0.2, -0.15) is 0 Å². The van der Waals surface area contributed by atoms with Crippen LogP contribution in [0.1, 0.15) is 49.9 Å². The molecule has 0 atom stereocenters. The summed E-state index contributed by atoms with van der Waals surface area (Å²) in [7, 11) is 0. The van der Waals surface area contributed by atoms with Gasteiger partial charge in [0.15, 0.2) is 0 Å². The molecule has 0 saturated carbocycles. The number of likely N-dealkylation sites (tertiary alicyclic amines) is 1. The molecule has 0 unspecified atom stereocenters. The van der Waals surface area contributed by atoms with Gasteiger partial charge in [0, 0.05) is 12.2 Å². The summed E-state index contributed by atoms with van der Waals surface area (Å²) in [5, 5.41) is 9.10. The lowest BCUT2D eigenvalue weighted by molar-refractivity contribution is 0.0568. The van der Waals surface area contributed by atoms with Gasteiger partial charge >= 0.3 is 5.97 Å². The molecule has 1 heterocycles. The number of carbonyl (C=O) groups is 1. The fraction of sp³-hybridized carbons (Fsp3) is 0.480. The number of nitrogen functional groups attached to an aromatic ring is 1. The highest BCUT2D eigenvalue weighted by atomic mass is 19.1. The van der Waals surface area contributed by atoms with Crippen LogP contribution in [0.25, 0.3) is 11.1 Å². The molecule has 1 aliphatic rings. The van der Waals surface area contributed by atoms with Gasteiger partial charge in [-0.15, -0.1) is 0 Å². The molecule has 0 radical (unpaired) electrons. The molecular weight excluding hydrogens is 395 g/mol. The van der Waals surface area contributed by atoms with E-state index in [9.17, 15) is 9.18 Å². The number of carboxylic acid groups (broad SMARTS) is 1. The minimum atomic E-state index is -1.07. The Balaban J connectivity index is 1.49. The van der Waals surface area contributed by atoms with Crippen LogP contribution in [0.2, 0.25) is 0 Å². The van der Waals surface area contributed by atoms with Crippen molar-refractivity contribution in [2.75, 3.05) is 32.0 Å². The van der Waals surface area contributed by atoms with E-state index in [1.165, 1.54) is 6.07 Å². The highest BCUT2D eigenvalue weighted by Gasteiger charge is 2.30. The van der Waals surface area contributed by atoms with Crippen molar-refractivity contribution >= 4 is 11.7 Å². The van der Waals surface area contributed by atoms with Crippen molar-refractivity contribution in [3.63, 3.8) is 0 Å². The normalized spacial score (nSPS) is 15.7. The third kappa shape index (κ3) is 5.97. The Morgan fingerprint density at radius 3 is 2.29 bits per heavy atom. The van der Waals surface area contributed by atoms with Crippen molar-refractivity contribution in [3.8, 4) is 16.9 Å². The van der Waals surface area contributed by atoms with Crippen molar-refractivity contribution in [2.45, 2.75) is 45.2 Å². The molecule has 0 spiro atoms. The van der Waals surface area contributed by atoms with E-state index >= 15 is 0 Å². The van der Waals surface area contributed by atoms with Crippen molar-refractivity contribution in [1.29, 1.82) is 0 Å². The molecule has 0 aliphatic carbocycles. The van der Waals surface area contributed by atoms with Crippen molar-refractivity contribution in [2.24, 2.45) is 5.92 Å². The molecular formula is C25H33FN2O3. The Bertz CT molecular complexity index is 873. The van der Waals surface area contributed by atoms with Gasteiger partial charge in [-0.25, -0.2) is 9.18 Å². The van der Waals surface area contributed by atoms with E-state index in [0.717, 1.165) is 42.8 Å². The maximum Gasteiger partial charge on any atom is 0.337 e. The lowest BCUT2D eigenvalue weighted by Crippen LogP contribution is -2.44. The van der Waals surface area contributed by atoms with Gasteiger partial charge in [0.2, 0.25) is 0 Å². The second-order valence-corrected chi connectivity index (χ2v) is 8.52. The first kappa shape index (κ1) is 23.1. The molecule has 6 heteroatoms. The number of alkyl halides is 1. The number of anilines is 1. The highest BCUT2D eigenvalue weighted by Crippen LogP contribution is 2.28. The van der Waals surface area contributed by atoms with Gasteiger partial charge in [0.05, 0.1) is 12.2 Å². The quantitative estimate of drug-likeness (QED) is 0.533. The molecule has 0 bridgehead atoms. The molecule has 31 heavy (non-hydrogen) atoms. The molecule has 3 rings (SSSR count). The maximum absolute atomic E-state index is 14.6. The van der Waals surface area contributed by atoms with Crippen LogP contribution in [0, 0.1) is 5.92 Å². The Kier molecular flexibility index (Phi) is 7.55. The second kappa shape index (κ2) is 10.1. The van der Waals surface area contributed by atoms with E-state index in [1.807, 2.05) is 38.1 Å². The number of carboxylic acids is 1. The summed E-state index contributed by atoms with van der Waals surface area (Å²) in [5.41, 5.74) is 6.96. The van der Waals surface area contributed by atoms with E-state index in [4.69, 9.17) is 15.6 Å². The first-order valence-corrected chi connectivity index (χ1v) is 11.1. The van der Waals surface area contributed by atoms with Crippen LogP contribution in [-0.2, 0) is 0 Å². The third-order valence-electron chi connectivity index (χ3n) is 6.44. The van der Waals surface area contributed by atoms with Crippen LogP contribution in [-0.4, -0.2) is 47.9 Å². The number of rotatable bonds is 9. The average molecular weight is 429 g/mol. The fourth-order valence-corrected chi connectivity index (χ4v) is 4.08. The van der Waals surface area contributed by atoms with Crippen molar-refractivity contribution in [1.82, 2.24) is 4.90 Å². The molecule has 3 N–H and O–H groups in total. The molecule has 0 aromatic heterocycles. The van der Waals surface area contributed by atoms with Crippen LogP contribution in [0.15, 0.2) is 42.5 Å². The first-order chi connectivity index (χ1) is 14.8. The number of hydrogen-bond donors (Lipinski definition) is 2. The number of halogens is 1. The van der Waals surface area contributed by atoms with Crippen LogP contribution < -0.4 is 10.5 Å². The molecule has 168 valence electrons. The summed E-state index contributed by atoms with van der Waals surface area (Å²) < 4.78 is 20.6. The van der Waals surface area contributed by atoms with Gasteiger partial charge in [-0.3, -0.25) is 0 Å². The lowest BCUT2D eigenvalue weighted by atomic mass is 9.94. The van der Waals surface area contributed by atoms with Crippen LogP contribution in [0.4, 0.5) is 10.1 Å². The van der Waals surface area contributed by atoms with Gasteiger partial charge in [0.1, 0.15) is 11.4 Å². The number of aromatic carboxylic acids is 1. The van der Waals surface area contributed by atoms with E-state index in [-0.39, 0.29) is 11.3 Å². The Hall–Kier alpha value is -2.60. The first-order valence-electron chi connectivity index (χ1n) is 11.1. The summed E-state index contributed by atoms with van der Waals surface area (Å²) in [4.78, 5) is 13.4. The summed E-state index contributed by atoms with van der Waals surface area (Å²) in [6, 6.07) is 12.7. The summed E-state index contributed by atoms with van der Waals surface area (Å²) in [5.74, 6) is 0.260. The van der Waals surface area contributed by atoms with E-state index < -0.39 is 11.6 Å². The van der Waals surface area contributed by atoms with Crippen LogP contribution in [0.5, 0.6) is 5.75 Å². The largest absolute Gasteiger partial charge is 0.493 e. The van der Waals surface area contributed by atoms with Gasteiger partial charge < -0.3 is 20.5 Å². The second-order valence-electron chi connectivity index (χ2n) is 8.52. The predicted molar refractivity (Wildman–Crippen MR) is 122 cm³/mol. The monoisotopic (exact) mass is 428 g/mol. The number of nitrogens with two attached hydrogens (primary N) is 1. The van der Waals surface area contributed by atoms with E-state index in [1.54, 1.807) is 12.1 Å². The summed E-state index contributed by atoms with van der Waals surface area (Å²) >= 11 is 0. The number of piperidine rings is 1. The zero-order chi connectivity index (χ0) is 22.4. The van der Waals surface area contributed by atoms with E-state index in [2.05, 4.69) is 4.90 Å². The molecule has 1 aliphatic heterocycles. The smallest absolute Gasteiger partial charge is 0.337 e. The molecule has 1 saturated heterocycles. The van der Waals surface area contributed by atoms with Crippen LogP contribution >= 0.6 is 0 Å². The molecule has 1 fully saturated rings. The minimum Gasteiger partial charge on any atom is -0.493 e. The van der Waals surface area contributed by atoms with Crippen molar-refractivity contribution in [3.05, 3.63) is 48.0 Å². The zero-order valence-electron chi connectivity index (χ0n) is 18.4. The SMILES string of the molecule is CCC(F)(CC)CN1CCC(COc2ccc(-c3ccc(C(=O)O)c(N)c3)cc2)CC1. The lowest BCUT2D eigenvalue weighted by Gasteiger charge is -2.36. The average Bonchev–Trinajstić information content (AvgIpc) is 2.78. The zero-order valence-corrected chi connectivity index (χ0v) is 18.4. The molecule has 0 amide bonds. The molecule has 5 nitrogen and oxygen atoms in total. The molecule has 2 aromatic carbocycles. The maximum atomic E-state index is 14.6. The fourth-order valence-electron chi connectivity index (χ4n) is 4.08. The Morgan fingerprint density at radius 1 is 1.13 bits per heavy atom. The standard InChI is InChI=1S/C25H33FN2O3/c1-3-25(26,4-2)17-28-13-11-18(12-14-28)16-31-21-8-5-19(6-9-21)20-7-10-22(24(29)30)23(27)15-20/h5-10,15,18H,3-4,11-14,16-17,27H2,1-2H3,(H,29,30). The van der Waals surface area contributed by atoms with Crippen LogP contribution in [0.3, 0.4) is 0 Å². The topological polar surface area (TPSA) is 75.8 Å².